The van der Waals surface area contributed by atoms with Gasteiger partial charge in [-0.3, -0.25) is 0 Å². The molecular weight excluding hydrogens is 305 g/mol. The quantitative estimate of drug-likeness (QED) is 0.824. The molecule has 0 aliphatic rings. The van der Waals surface area contributed by atoms with Gasteiger partial charge in [-0.25, -0.2) is 4.39 Å². The Morgan fingerprint density at radius 2 is 1.89 bits per heavy atom. The van der Waals surface area contributed by atoms with Crippen LogP contribution in [0.2, 0.25) is 0 Å². The van der Waals surface area contributed by atoms with E-state index in [1.54, 1.807) is 12.1 Å². The van der Waals surface area contributed by atoms with Crippen molar-refractivity contribution in [2.75, 3.05) is 11.9 Å². The number of rotatable bonds is 4. The van der Waals surface area contributed by atoms with Crippen molar-refractivity contribution < 1.29 is 4.39 Å². The summed E-state index contributed by atoms with van der Waals surface area (Å²) in [5.41, 5.74) is 3.19. The van der Waals surface area contributed by atoms with Crippen LogP contribution in [0.1, 0.15) is 24.0 Å². The second-order valence-corrected chi connectivity index (χ2v) is 5.63. The molecule has 3 heteroatoms. The molecule has 0 heterocycles. The molecule has 1 N–H and O–H groups in total. The van der Waals surface area contributed by atoms with Crippen molar-refractivity contribution in [1.29, 1.82) is 0 Å². The van der Waals surface area contributed by atoms with Crippen LogP contribution in [0.25, 0.3) is 0 Å². The number of anilines is 1. The van der Waals surface area contributed by atoms with E-state index in [1.165, 1.54) is 5.56 Å². The van der Waals surface area contributed by atoms with Crippen molar-refractivity contribution in [1.82, 2.24) is 0 Å². The van der Waals surface area contributed by atoms with E-state index >= 15 is 0 Å². The van der Waals surface area contributed by atoms with Crippen molar-refractivity contribution in [3.63, 3.8) is 0 Å². The van der Waals surface area contributed by atoms with E-state index in [4.69, 9.17) is 0 Å². The molecule has 0 saturated carbocycles. The molecule has 0 amide bonds. The third kappa shape index (κ3) is 3.57. The number of nitrogens with one attached hydrogen (secondary N) is 1. The molecule has 0 spiro atoms. The molecule has 1 nitrogen and oxygen atoms in total. The first kappa shape index (κ1) is 14.1. The Hall–Kier alpha value is -1.35. The van der Waals surface area contributed by atoms with Gasteiger partial charge in [-0.2, -0.15) is 0 Å². The minimum Gasteiger partial charge on any atom is -0.384 e. The first-order valence-corrected chi connectivity index (χ1v) is 7.11. The Morgan fingerprint density at radius 1 is 1.21 bits per heavy atom. The van der Waals surface area contributed by atoms with Crippen LogP contribution in [0, 0.1) is 12.7 Å². The topological polar surface area (TPSA) is 12.0 Å². The van der Waals surface area contributed by atoms with Crippen LogP contribution < -0.4 is 5.32 Å². The van der Waals surface area contributed by atoms with Crippen molar-refractivity contribution in [2.24, 2.45) is 0 Å². The second-order valence-electron chi connectivity index (χ2n) is 4.77. The van der Waals surface area contributed by atoms with Gasteiger partial charge in [0.15, 0.2) is 0 Å². The molecule has 0 bridgehead atoms. The monoisotopic (exact) mass is 321 g/mol. The summed E-state index contributed by atoms with van der Waals surface area (Å²) >= 11 is 3.22. The smallest absolute Gasteiger partial charge is 0.137 e. The molecule has 0 fully saturated rings. The second kappa shape index (κ2) is 6.20. The van der Waals surface area contributed by atoms with Gasteiger partial charge in [0, 0.05) is 12.2 Å². The summed E-state index contributed by atoms with van der Waals surface area (Å²) in [6, 6.07) is 13.7. The first-order valence-electron chi connectivity index (χ1n) is 6.32. The Balaban J connectivity index is 2.05. The van der Waals surface area contributed by atoms with Crippen LogP contribution in [0.5, 0.6) is 0 Å². The average Bonchev–Trinajstić information content (AvgIpc) is 2.42. The van der Waals surface area contributed by atoms with E-state index in [-0.39, 0.29) is 5.82 Å². The molecule has 2 aromatic rings. The lowest BCUT2D eigenvalue weighted by Crippen LogP contribution is -2.10. The molecule has 0 aromatic heterocycles. The minimum absolute atomic E-state index is 0.223. The fourth-order valence-corrected chi connectivity index (χ4v) is 2.34. The van der Waals surface area contributed by atoms with Gasteiger partial charge in [-0.1, -0.05) is 37.3 Å². The summed E-state index contributed by atoms with van der Waals surface area (Å²) in [4.78, 5) is 0. The van der Waals surface area contributed by atoms with Gasteiger partial charge in [0.05, 0.1) is 4.47 Å². The third-order valence-corrected chi connectivity index (χ3v) is 3.84. The number of halogens is 2. The summed E-state index contributed by atoms with van der Waals surface area (Å²) in [5, 5.41) is 3.38. The fourth-order valence-electron chi connectivity index (χ4n) is 2.00. The van der Waals surface area contributed by atoms with E-state index in [9.17, 15) is 4.39 Å². The van der Waals surface area contributed by atoms with Gasteiger partial charge >= 0.3 is 0 Å². The molecule has 2 aromatic carbocycles. The maximum Gasteiger partial charge on any atom is 0.137 e. The first-order chi connectivity index (χ1) is 9.08. The Morgan fingerprint density at radius 3 is 2.58 bits per heavy atom. The van der Waals surface area contributed by atoms with Crippen molar-refractivity contribution in [3.05, 3.63) is 63.9 Å². The van der Waals surface area contributed by atoms with Gasteiger partial charge < -0.3 is 5.32 Å². The maximum atomic E-state index is 13.3. The zero-order chi connectivity index (χ0) is 13.8. The van der Waals surface area contributed by atoms with Crippen LogP contribution in [0.15, 0.2) is 46.9 Å². The number of hydrogen-bond donors (Lipinski definition) is 1. The number of benzene rings is 2. The molecule has 0 aliphatic heterocycles. The molecule has 0 radical (unpaired) electrons. The van der Waals surface area contributed by atoms with Crippen molar-refractivity contribution >= 4 is 21.6 Å². The van der Waals surface area contributed by atoms with E-state index < -0.39 is 0 Å². The predicted molar refractivity (Wildman–Crippen MR) is 82.2 cm³/mol. The molecule has 19 heavy (non-hydrogen) atoms. The molecule has 1 unspecified atom stereocenters. The van der Waals surface area contributed by atoms with Crippen LogP contribution in [-0.4, -0.2) is 6.54 Å². The average molecular weight is 322 g/mol. The van der Waals surface area contributed by atoms with E-state index in [0.717, 1.165) is 17.8 Å². The summed E-state index contributed by atoms with van der Waals surface area (Å²) < 4.78 is 13.8. The van der Waals surface area contributed by atoms with Gasteiger partial charge in [0.1, 0.15) is 5.82 Å². The summed E-state index contributed by atoms with van der Waals surface area (Å²) in [7, 11) is 0. The number of hydrogen-bond acceptors (Lipinski definition) is 1. The summed E-state index contributed by atoms with van der Waals surface area (Å²) in [6.07, 6.45) is 0. The van der Waals surface area contributed by atoms with Crippen LogP contribution in [0.4, 0.5) is 10.1 Å². The van der Waals surface area contributed by atoms with Gasteiger partial charge in [0.25, 0.3) is 0 Å². The Bertz CT molecular complexity index is 554. The highest BCUT2D eigenvalue weighted by Gasteiger charge is 2.08. The highest BCUT2D eigenvalue weighted by Crippen LogP contribution is 2.25. The zero-order valence-corrected chi connectivity index (χ0v) is 12.7. The summed E-state index contributed by atoms with van der Waals surface area (Å²) in [6.45, 7) is 4.91. The van der Waals surface area contributed by atoms with Crippen LogP contribution >= 0.6 is 15.9 Å². The molecule has 0 aliphatic carbocycles. The van der Waals surface area contributed by atoms with E-state index in [0.29, 0.717) is 10.4 Å². The molecule has 2 rings (SSSR count). The summed E-state index contributed by atoms with van der Waals surface area (Å²) in [5.74, 6) is 0.184. The standard InChI is InChI=1S/C16H17BrFN/c1-11-8-15(18)14(17)9-16(11)19-10-12(2)13-6-4-3-5-7-13/h3-9,12,19H,10H2,1-2H3. The fraction of sp³-hybridized carbons (Fsp3) is 0.250. The van der Waals surface area contributed by atoms with E-state index in [2.05, 4.69) is 40.3 Å². The van der Waals surface area contributed by atoms with Crippen molar-refractivity contribution in [2.45, 2.75) is 19.8 Å². The molecule has 1 atom stereocenters. The highest BCUT2D eigenvalue weighted by atomic mass is 79.9. The molecule has 100 valence electrons. The minimum atomic E-state index is -0.223. The molecular formula is C16H17BrFN. The highest BCUT2D eigenvalue weighted by molar-refractivity contribution is 9.10. The Labute approximate surface area is 122 Å². The van der Waals surface area contributed by atoms with Gasteiger partial charge in [-0.15, -0.1) is 0 Å². The maximum absolute atomic E-state index is 13.3. The molecule has 0 saturated heterocycles. The van der Waals surface area contributed by atoms with Gasteiger partial charge in [0.2, 0.25) is 0 Å². The SMILES string of the molecule is Cc1cc(F)c(Br)cc1NCC(C)c1ccccc1. The third-order valence-electron chi connectivity index (χ3n) is 3.23. The van der Waals surface area contributed by atoms with Crippen LogP contribution in [0.3, 0.4) is 0 Å². The largest absolute Gasteiger partial charge is 0.384 e. The van der Waals surface area contributed by atoms with Gasteiger partial charge in [-0.05, 0) is 52.0 Å². The lowest BCUT2D eigenvalue weighted by Gasteiger charge is -2.16. The van der Waals surface area contributed by atoms with Crippen LogP contribution in [-0.2, 0) is 0 Å². The normalized spacial score (nSPS) is 12.2. The lowest BCUT2D eigenvalue weighted by molar-refractivity contribution is 0.620. The van der Waals surface area contributed by atoms with E-state index in [1.807, 2.05) is 25.1 Å². The van der Waals surface area contributed by atoms with Crippen molar-refractivity contribution in [3.8, 4) is 0 Å². The number of aryl methyl sites for hydroxylation is 1. The lowest BCUT2D eigenvalue weighted by atomic mass is 10.0. The predicted octanol–water partition coefficient (Wildman–Crippen LogP) is 5.11. The Kier molecular flexibility index (Phi) is 4.59. The zero-order valence-electron chi connectivity index (χ0n) is 11.1.